The van der Waals surface area contributed by atoms with Crippen LogP contribution < -0.4 is 11.5 Å². The Morgan fingerprint density at radius 1 is 0.958 bits per heavy atom. The number of rotatable bonds is 3. The summed E-state index contributed by atoms with van der Waals surface area (Å²) >= 11 is 1.66. The van der Waals surface area contributed by atoms with Gasteiger partial charge in [0.05, 0.1) is 5.39 Å². The molecular weight excluding hydrogens is 316 g/mol. The average Bonchev–Trinajstić information content (AvgIpc) is 2.88. The maximum Gasteiger partial charge on any atom is 0.223 e. The van der Waals surface area contributed by atoms with Crippen molar-refractivity contribution in [1.29, 1.82) is 0 Å². The van der Waals surface area contributed by atoms with Gasteiger partial charge in [-0.1, -0.05) is 42.5 Å². The van der Waals surface area contributed by atoms with Crippen molar-refractivity contribution in [2.45, 2.75) is 19.8 Å². The van der Waals surface area contributed by atoms with Crippen molar-refractivity contribution in [3.63, 3.8) is 0 Å². The molecule has 2 heterocycles. The first-order chi connectivity index (χ1) is 11.6. The Balaban J connectivity index is 1.64. The van der Waals surface area contributed by atoms with Gasteiger partial charge in [-0.05, 0) is 41.7 Å². The highest BCUT2D eigenvalue weighted by atomic mass is 32.1. The Hall–Kier alpha value is -2.66. The van der Waals surface area contributed by atoms with Crippen LogP contribution in [0.2, 0.25) is 0 Å². The van der Waals surface area contributed by atoms with E-state index >= 15 is 0 Å². The first-order valence-corrected chi connectivity index (χ1v) is 8.72. The summed E-state index contributed by atoms with van der Waals surface area (Å²) in [4.78, 5) is 10.6. The van der Waals surface area contributed by atoms with Gasteiger partial charge in [-0.15, -0.1) is 11.3 Å². The van der Waals surface area contributed by atoms with Crippen LogP contribution in [0.4, 0.5) is 11.8 Å². The molecule has 0 atom stereocenters. The molecule has 2 aromatic carbocycles. The van der Waals surface area contributed by atoms with Gasteiger partial charge in [0, 0.05) is 4.88 Å². The van der Waals surface area contributed by atoms with Gasteiger partial charge in [-0.25, -0.2) is 4.98 Å². The monoisotopic (exact) mass is 334 g/mol. The lowest BCUT2D eigenvalue weighted by Crippen LogP contribution is -1.99. The number of thiophene rings is 1. The molecule has 0 fully saturated rings. The van der Waals surface area contributed by atoms with Crippen LogP contribution in [0.5, 0.6) is 0 Å². The second-order valence-electron chi connectivity index (χ2n) is 5.98. The normalized spacial score (nSPS) is 11.4. The second kappa shape index (κ2) is 5.76. The molecule has 4 aromatic rings. The highest BCUT2D eigenvalue weighted by Crippen LogP contribution is 2.33. The van der Waals surface area contributed by atoms with E-state index in [0.717, 1.165) is 23.1 Å². The molecule has 0 bridgehead atoms. The Morgan fingerprint density at radius 2 is 1.75 bits per heavy atom. The van der Waals surface area contributed by atoms with Crippen molar-refractivity contribution in [2.24, 2.45) is 0 Å². The number of anilines is 2. The minimum Gasteiger partial charge on any atom is -0.383 e. The number of nitrogens with zero attached hydrogens (tertiary/aromatic N) is 2. The molecule has 0 aliphatic rings. The molecule has 0 spiro atoms. The van der Waals surface area contributed by atoms with E-state index in [1.807, 2.05) is 0 Å². The van der Waals surface area contributed by atoms with Crippen LogP contribution >= 0.6 is 11.3 Å². The third kappa shape index (κ3) is 2.57. The van der Waals surface area contributed by atoms with Crippen molar-refractivity contribution < 1.29 is 0 Å². The number of benzene rings is 2. The van der Waals surface area contributed by atoms with Gasteiger partial charge < -0.3 is 11.5 Å². The molecular formula is C19H18N4S. The minimum absolute atomic E-state index is 0.238. The molecule has 4 nitrogen and oxygen atoms in total. The predicted molar refractivity (Wildman–Crippen MR) is 102 cm³/mol. The predicted octanol–water partition coefficient (Wildman–Crippen LogP) is 4.10. The third-order valence-electron chi connectivity index (χ3n) is 4.39. The van der Waals surface area contributed by atoms with Gasteiger partial charge in [0.15, 0.2) is 0 Å². The molecule has 4 rings (SSSR count). The topological polar surface area (TPSA) is 77.8 Å². The van der Waals surface area contributed by atoms with Crippen molar-refractivity contribution in [2.75, 3.05) is 11.5 Å². The van der Waals surface area contributed by atoms with Gasteiger partial charge in [0.1, 0.15) is 10.6 Å². The molecule has 0 unspecified atom stereocenters. The molecule has 5 heteroatoms. The SMILES string of the molecule is Cc1c(CCc2ccc3ccccc3c2)sc2nc(N)nc(N)c12. The Morgan fingerprint density at radius 3 is 2.58 bits per heavy atom. The van der Waals surface area contributed by atoms with E-state index in [4.69, 9.17) is 11.5 Å². The van der Waals surface area contributed by atoms with E-state index in [1.165, 1.54) is 26.8 Å². The van der Waals surface area contributed by atoms with Crippen LogP contribution in [0.15, 0.2) is 42.5 Å². The molecule has 0 aliphatic carbocycles. The van der Waals surface area contributed by atoms with Gasteiger partial charge in [-0.2, -0.15) is 4.98 Å². The van der Waals surface area contributed by atoms with Crippen molar-refractivity contribution in [3.05, 3.63) is 58.5 Å². The molecule has 2 aromatic heterocycles. The molecule has 0 saturated heterocycles. The highest BCUT2D eigenvalue weighted by Gasteiger charge is 2.14. The summed E-state index contributed by atoms with van der Waals surface area (Å²) in [5.41, 5.74) is 14.2. The summed E-state index contributed by atoms with van der Waals surface area (Å²) < 4.78 is 0. The molecule has 0 aliphatic heterocycles. The summed E-state index contributed by atoms with van der Waals surface area (Å²) in [6.07, 6.45) is 1.95. The van der Waals surface area contributed by atoms with Crippen LogP contribution in [0.25, 0.3) is 21.0 Å². The lowest BCUT2D eigenvalue weighted by atomic mass is 10.0. The number of nitrogen functional groups attached to an aromatic ring is 2. The lowest BCUT2D eigenvalue weighted by molar-refractivity contribution is 0.976. The number of hydrogen-bond donors (Lipinski definition) is 2. The zero-order valence-corrected chi connectivity index (χ0v) is 14.2. The van der Waals surface area contributed by atoms with Crippen LogP contribution in [-0.4, -0.2) is 9.97 Å². The van der Waals surface area contributed by atoms with Crippen LogP contribution in [0.3, 0.4) is 0 Å². The van der Waals surface area contributed by atoms with E-state index in [0.29, 0.717) is 5.82 Å². The van der Waals surface area contributed by atoms with Crippen LogP contribution in [0.1, 0.15) is 16.0 Å². The fourth-order valence-electron chi connectivity index (χ4n) is 3.12. The fourth-order valence-corrected chi connectivity index (χ4v) is 4.32. The Labute approximate surface area is 144 Å². The van der Waals surface area contributed by atoms with Crippen molar-refractivity contribution in [1.82, 2.24) is 9.97 Å². The fraction of sp³-hybridized carbons (Fsp3) is 0.158. The van der Waals surface area contributed by atoms with Gasteiger partial charge in [-0.3, -0.25) is 0 Å². The molecule has 120 valence electrons. The van der Waals surface area contributed by atoms with E-state index in [1.54, 1.807) is 11.3 Å². The largest absolute Gasteiger partial charge is 0.383 e. The number of aryl methyl sites for hydroxylation is 3. The van der Waals surface area contributed by atoms with Crippen LogP contribution in [0, 0.1) is 6.92 Å². The van der Waals surface area contributed by atoms with E-state index in [2.05, 4.69) is 59.4 Å². The lowest BCUT2D eigenvalue weighted by Gasteiger charge is -2.04. The van der Waals surface area contributed by atoms with Gasteiger partial charge in [0.25, 0.3) is 0 Å². The third-order valence-corrected chi connectivity index (χ3v) is 5.63. The number of fused-ring (bicyclic) bond motifs is 2. The van der Waals surface area contributed by atoms with Crippen molar-refractivity contribution >= 4 is 44.1 Å². The second-order valence-corrected chi connectivity index (χ2v) is 7.06. The maximum atomic E-state index is 6.02. The van der Waals surface area contributed by atoms with Crippen molar-refractivity contribution in [3.8, 4) is 0 Å². The maximum absolute atomic E-state index is 6.02. The Bertz CT molecular complexity index is 1050. The quantitative estimate of drug-likeness (QED) is 0.591. The first-order valence-electron chi connectivity index (χ1n) is 7.90. The molecule has 0 amide bonds. The molecule has 24 heavy (non-hydrogen) atoms. The molecule has 0 radical (unpaired) electrons. The smallest absolute Gasteiger partial charge is 0.223 e. The summed E-state index contributed by atoms with van der Waals surface area (Å²) in [6.45, 7) is 2.09. The number of hydrogen-bond acceptors (Lipinski definition) is 5. The molecule has 0 saturated carbocycles. The summed E-state index contributed by atoms with van der Waals surface area (Å²) in [5.74, 6) is 0.713. The summed E-state index contributed by atoms with van der Waals surface area (Å²) in [6, 6.07) is 15.1. The number of nitrogens with two attached hydrogens (primary N) is 2. The molecule has 4 N–H and O–H groups in total. The standard InChI is InChI=1S/C19H18N4S/c1-11-15(24-18-16(11)17(20)22-19(21)23-18)9-7-12-6-8-13-4-2-3-5-14(13)10-12/h2-6,8,10H,7,9H2,1H3,(H4,20,21,22,23). The van der Waals surface area contributed by atoms with Gasteiger partial charge >= 0.3 is 0 Å². The zero-order valence-electron chi connectivity index (χ0n) is 13.4. The number of aromatic nitrogens is 2. The average molecular weight is 334 g/mol. The highest BCUT2D eigenvalue weighted by molar-refractivity contribution is 7.19. The first kappa shape index (κ1) is 14.9. The van der Waals surface area contributed by atoms with E-state index in [-0.39, 0.29) is 5.95 Å². The van der Waals surface area contributed by atoms with Gasteiger partial charge in [0.2, 0.25) is 5.95 Å². The van der Waals surface area contributed by atoms with E-state index < -0.39 is 0 Å². The zero-order chi connectivity index (χ0) is 16.7. The van der Waals surface area contributed by atoms with Crippen LogP contribution in [-0.2, 0) is 12.8 Å². The summed E-state index contributed by atoms with van der Waals surface area (Å²) in [7, 11) is 0. The summed E-state index contributed by atoms with van der Waals surface area (Å²) in [5, 5.41) is 3.51. The minimum atomic E-state index is 0.238. The van der Waals surface area contributed by atoms with E-state index in [9.17, 15) is 0 Å². The Kier molecular flexibility index (Phi) is 3.58.